The molecular formula is C11H20N4OS. The highest BCUT2D eigenvalue weighted by Crippen LogP contribution is 2.08. The molecule has 0 unspecified atom stereocenters. The molecule has 96 valence electrons. The van der Waals surface area contributed by atoms with Crippen molar-refractivity contribution in [3.63, 3.8) is 0 Å². The maximum atomic E-state index is 5.27. The number of nitrogens with one attached hydrogen (secondary N) is 1. The Labute approximate surface area is 108 Å². The van der Waals surface area contributed by atoms with Crippen LogP contribution in [-0.4, -0.2) is 47.1 Å². The van der Waals surface area contributed by atoms with E-state index in [-0.39, 0.29) is 0 Å². The molecule has 0 aromatic carbocycles. The van der Waals surface area contributed by atoms with Gasteiger partial charge in [-0.05, 0) is 19.1 Å². The van der Waals surface area contributed by atoms with Crippen LogP contribution < -0.4 is 5.32 Å². The van der Waals surface area contributed by atoms with Gasteiger partial charge in [0.05, 0.1) is 12.8 Å². The van der Waals surface area contributed by atoms with Gasteiger partial charge in [0.15, 0.2) is 5.11 Å². The molecule has 0 saturated carbocycles. The Hall–Kier alpha value is -1.14. The molecule has 1 N–H and O–H groups in total. The quantitative estimate of drug-likeness (QED) is 0.620. The van der Waals surface area contributed by atoms with Gasteiger partial charge in [0.1, 0.15) is 0 Å². The van der Waals surface area contributed by atoms with Gasteiger partial charge in [-0.1, -0.05) is 0 Å². The monoisotopic (exact) mass is 256 g/mol. The van der Waals surface area contributed by atoms with Crippen LogP contribution in [0.5, 0.6) is 0 Å². The molecule has 0 amide bonds. The first-order valence-corrected chi connectivity index (χ1v) is 5.92. The number of methoxy groups -OCH3 is 1. The van der Waals surface area contributed by atoms with Crippen molar-refractivity contribution in [1.82, 2.24) is 20.0 Å². The second-order valence-electron chi connectivity index (χ2n) is 3.96. The van der Waals surface area contributed by atoms with Crippen molar-refractivity contribution >= 4 is 17.3 Å². The van der Waals surface area contributed by atoms with E-state index in [4.69, 9.17) is 17.0 Å². The Morgan fingerprint density at radius 1 is 1.65 bits per heavy atom. The fourth-order valence-corrected chi connectivity index (χ4v) is 1.59. The molecule has 0 aliphatic heterocycles. The zero-order chi connectivity index (χ0) is 12.8. The van der Waals surface area contributed by atoms with Crippen LogP contribution >= 0.6 is 12.2 Å². The molecule has 0 bridgehead atoms. The fourth-order valence-electron chi connectivity index (χ4n) is 1.42. The van der Waals surface area contributed by atoms with Gasteiger partial charge >= 0.3 is 0 Å². The summed E-state index contributed by atoms with van der Waals surface area (Å²) in [6, 6.07) is 0. The second-order valence-corrected chi connectivity index (χ2v) is 4.35. The van der Waals surface area contributed by atoms with Crippen LogP contribution in [0.25, 0.3) is 0 Å². The van der Waals surface area contributed by atoms with Crippen LogP contribution in [0.15, 0.2) is 6.20 Å². The summed E-state index contributed by atoms with van der Waals surface area (Å²) in [6.45, 7) is 4.20. The Balaban J connectivity index is 2.45. The van der Waals surface area contributed by atoms with E-state index in [2.05, 4.69) is 17.3 Å². The van der Waals surface area contributed by atoms with Gasteiger partial charge in [-0.2, -0.15) is 5.10 Å². The molecule has 1 aromatic heterocycles. The van der Waals surface area contributed by atoms with E-state index in [9.17, 15) is 0 Å². The molecule has 0 fully saturated rings. The minimum Gasteiger partial charge on any atom is -0.383 e. The number of aromatic nitrogens is 2. The summed E-state index contributed by atoms with van der Waals surface area (Å²) in [7, 11) is 5.58. The number of nitrogens with zero attached hydrogens (tertiary/aromatic N) is 3. The van der Waals surface area contributed by atoms with Crippen molar-refractivity contribution in [3.8, 4) is 0 Å². The summed E-state index contributed by atoms with van der Waals surface area (Å²) < 4.78 is 6.82. The zero-order valence-corrected chi connectivity index (χ0v) is 11.7. The molecule has 5 nitrogen and oxygen atoms in total. The molecular weight excluding hydrogens is 236 g/mol. The van der Waals surface area contributed by atoms with Crippen molar-refractivity contribution in [2.75, 3.05) is 27.3 Å². The van der Waals surface area contributed by atoms with Crippen molar-refractivity contribution in [1.29, 1.82) is 0 Å². The summed E-state index contributed by atoms with van der Waals surface area (Å²) in [6.07, 6.45) is 1.88. The highest BCUT2D eigenvalue weighted by Gasteiger charge is 2.09. The van der Waals surface area contributed by atoms with E-state index < -0.39 is 0 Å². The van der Waals surface area contributed by atoms with Crippen LogP contribution in [0.3, 0.4) is 0 Å². The van der Waals surface area contributed by atoms with Crippen LogP contribution in [-0.2, 0) is 18.3 Å². The van der Waals surface area contributed by atoms with Crippen molar-refractivity contribution in [2.45, 2.75) is 13.5 Å². The molecule has 0 spiro atoms. The number of hydrogen-bond donors (Lipinski definition) is 1. The third-order valence-corrected chi connectivity index (χ3v) is 3.13. The fraction of sp³-hybridized carbons (Fsp3) is 0.636. The first-order chi connectivity index (χ1) is 8.06. The topological polar surface area (TPSA) is 42.3 Å². The van der Waals surface area contributed by atoms with Gasteiger partial charge in [0.2, 0.25) is 0 Å². The Kier molecular flexibility index (Phi) is 5.37. The van der Waals surface area contributed by atoms with Crippen LogP contribution in [0, 0.1) is 6.92 Å². The van der Waals surface area contributed by atoms with Gasteiger partial charge < -0.3 is 15.0 Å². The normalized spacial score (nSPS) is 10.4. The zero-order valence-electron chi connectivity index (χ0n) is 10.9. The molecule has 0 aliphatic rings. The van der Waals surface area contributed by atoms with Gasteiger partial charge in [-0.3, -0.25) is 4.68 Å². The smallest absolute Gasteiger partial charge is 0.169 e. The lowest BCUT2D eigenvalue weighted by atomic mass is 10.2. The van der Waals surface area contributed by atoms with Gasteiger partial charge in [0, 0.05) is 45.6 Å². The summed E-state index contributed by atoms with van der Waals surface area (Å²) in [5.41, 5.74) is 2.35. The Morgan fingerprint density at radius 2 is 2.35 bits per heavy atom. The van der Waals surface area contributed by atoms with Crippen molar-refractivity contribution < 1.29 is 4.74 Å². The van der Waals surface area contributed by atoms with Crippen LogP contribution in [0.2, 0.25) is 0 Å². The molecule has 0 atom stereocenters. The molecule has 0 saturated heterocycles. The molecule has 1 heterocycles. The van der Waals surface area contributed by atoms with E-state index in [0.29, 0.717) is 6.61 Å². The largest absolute Gasteiger partial charge is 0.383 e. The standard InChI is InChI=1S/C11H20N4OS/c1-9-10(7-13-15(9)3)8-14(2)11(17)12-5-6-16-4/h7H,5-6,8H2,1-4H3,(H,12,17). The summed E-state index contributed by atoms with van der Waals surface area (Å²) >= 11 is 5.27. The van der Waals surface area contributed by atoms with Crippen LogP contribution in [0.1, 0.15) is 11.3 Å². The molecule has 0 aliphatic carbocycles. The average molecular weight is 256 g/mol. The number of aryl methyl sites for hydroxylation is 1. The average Bonchev–Trinajstić information content (AvgIpc) is 2.61. The Morgan fingerprint density at radius 3 is 2.88 bits per heavy atom. The third kappa shape index (κ3) is 3.98. The molecule has 6 heteroatoms. The minimum absolute atomic E-state index is 0.653. The van der Waals surface area contributed by atoms with Gasteiger partial charge in [-0.25, -0.2) is 0 Å². The highest BCUT2D eigenvalue weighted by molar-refractivity contribution is 7.80. The maximum absolute atomic E-state index is 5.27. The van der Waals surface area contributed by atoms with E-state index in [1.165, 1.54) is 5.56 Å². The number of rotatable bonds is 5. The summed E-state index contributed by atoms with van der Waals surface area (Å²) in [5, 5.41) is 8.07. The lowest BCUT2D eigenvalue weighted by Crippen LogP contribution is -2.38. The molecule has 1 rings (SSSR count). The number of ether oxygens (including phenoxy) is 1. The lowest BCUT2D eigenvalue weighted by molar-refractivity contribution is 0.203. The van der Waals surface area contributed by atoms with Crippen molar-refractivity contribution in [3.05, 3.63) is 17.5 Å². The number of thiocarbonyl (C=S) groups is 1. The van der Waals surface area contributed by atoms with Gasteiger partial charge in [-0.15, -0.1) is 0 Å². The maximum Gasteiger partial charge on any atom is 0.169 e. The van der Waals surface area contributed by atoms with E-state index in [0.717, 1.165) is 23.9 Å². The molecule has 1 aromatic rings. The number of hydrogen-bond acceptors (Lipinski definition) is 3. The Bertz CT molecular complexity index is 378. The van der Waals surface area contributed by atoms with E-state index in [1.54, 1.807) is 7.11 Å². The molecule has 17 heavy (non-hydrogen) atoms. The first-order valence-electron chi connectivity index (χ1n) is 5.51. The lowest BCUT2D eigenvalue weighted by Gasteiger charge is -2.20. The minimum atomic E-state index is 0.653. The predicted octanol–water partition coefficient (Wildman–Crippen LogP) is 0.681. The third-order valence-electron chi connectivity index (χ3n) is 2.67. The summed E-state index contributed by atoms with van der Waals surface area (Å²) in [4.78, 5) is 2.00. The highest BCUT2D eigenvalue weighted by atomic mass is 32.1. The SMILES string of the molecule is COCCNC(=S)N(C)Cc1cnn(C)c1C. The van der Waals surface area contributed by atoms with E-state index >= 15 is 0 Å². The summed E-state index contributed by atoms with van der Waals surface area (Å²) in [5.74, 6) is 0. The van der Waals surface area contributed by atoms with Gasteiger partial charge in [0.25, 0.3) is 0 Å². The predicted molar refractivity (Wildman–Crippen MR) is 71.9 cm³/mol. The van der Waals surface area contributed by atoms with Crippen LogP contribution in [0.4, 0.5) is 0 Å². The van der Waals surface area contributed by atoms with E-state index in [1.807, 2.05) is 29.9 Å². The second kappa shape index (κ2) is 6.56. The molecule has 0 radical (unpaired) electrons. The van der Waals surface area contributed by atoms with Crippen molar-refractivity contribution in [2.24, 2.45) is 7.05 Å². The first kappa shape index (κ1) is 13.9.